The maximum Gasteiger partial charge on any atom is 0.225 e. The summed E-state index contributed by atoms with van der Waals surface area (Å²) in [6, 6.07) is 16.7. The highest BCUT2D eigenvalue weighted by molar-refractivity contribution is 6.30. The summed E-state index contributed by atoms with van der Waals surface area (Å²) in [5.41, 5.74) is 2.35. The third-order valence-corrected chi connectivity index (χ3v) is 3.52. The molecular formula is C18H18ClN3O. The molecule has 118 valence electrons. The van der Waals surface area contributed by atoms with Crippen LogP contribution in [0.1, 0.15) is 17.5 Å². The highest BCUT2D eigenvalue weighted by atomic mass is 35.5. The maximum atomic E-state index is 11.8. The van der Waals surface area contributed by atoms with E-state index < -0.39 is 0 Å². The second kappa shape index (κ2) is 8.94. The Balaban J connectivity index is 1.66. The zero-order valence-electron chi connectivity index (χ0n) is 12.7. The Morgan fingerprint density at radius 1 is 1.13 bits per heavy atom. The molecule has 0 radical (unpaired) electrons. The predicted molar refractivity (Wildman–Crippen MR) is 92.4 cm³/mol. The molecule has 0 atom stereocenters. The molecule has 0 aliphatic carbocycles. The first-order valence-electron chi connectivity index (χ1n) is 7.42. The van der Waals surface area contributed by atoms with Crippen LogP contribution in [0, 0.1) is 11.3 Å². The molecule has 23 heavy (non-hydrogen) atoms. The van der Waals surface area contributed by atoms with Crippen LogP contribution in [-0.2, 0) is 11.2 Å². The normalized spacial score (nSPS) is 10.1. The molecule has 0 aliphatic rings. The zero-order valence-corrected chi connectivity index (χ0v) is 13.4. The van der Waals surface area contributed by atoms with Crippen molar-refractivity contribution in [1.82, 2.24) is 5.32 Å². The summed E-state index contributed by atoms with van der Waals surface area (Å²) in [7, 11) is 0. The molecule has 1 amide bonds. The van der Waals surface area contributed by atoms with Crippen LogP contribution < -0.4 is 10.6 Å². The fourth-order valence-electron chi connectivity index (χ4n) is 2.14. The Bertz CT molecular complexity index is 709. The molecule has 2 aromatic carbocycles. The van der Waals surface area contributed by atoms with Gasteiger partial charge in [-0.25, -0.2) is 0 Å². The molecule has 0 aromatic heterocycles. The van der Waals surface area contributed by atoms with Gasteiger partial charge in [-0.15, -0.1) is 0 Å². The van der Waals surface area contributed by atoms with Gasteiger partial charge in [0, 0.05) is 23.7 Å². The Hall–Kier alpha value is -2.35. The SMILES string of the molecule is N#Cc1cccc(NC(=O)CCNCCc2cccc(Cl)c2)c1. The van der Waals surface area contributed by atoms with E-state index in [-0.39, 0.29) is 5.91 Å². The molecule has 0 bridgehead atoms. The van der Waals surface area contributed by atoms with E-state index in [2.05, 4.69) is 10.6 Å². The first-order valence-corrected chi connectivity index (χ1v) is 7.80. The highest BCUT2D eigenvalue weighted by Gasteiger charge is 2.03. The molecule has 2 rings (SSSR count). The molecule has 4 nitrogen and oxygen atoms in total. The van der Waals surface area contributed by atoms with Crippen molar-refractivity contribution in [2.24, 2.45) is 0 Å². The number of benzene rings is 2. The number of anilines is 1. The van der Waals surface area contributed by atoms with E-state index in [1.54, 1.807) is 24.3 Å². The molecule has 2 aromatic rings. The lowest BCUT2D eigenvalue weighted by Crippen LogP contribution is -2.23. The quantitative estimate of drug-likeness (QED) is 0.766. The number of carbonyl (C=O) groups excluding carboxylic acids is 1. The van der Waals surface area contributed by atoms with E-state index in [0.717, 1.165) is 18.0 Å². The van der Waals surface area contributed by atoms with Gasteiger partial charge in [-0.05, 0) is 48.9 Å². The molecule has 0 heterocycles. The molecule has 0 fully saturated rings. The lowest BCUT2D eigenvalue weighted by Gasteiger charge is -2.07. The first kappa shape index (κ1) is 17.0. The fraction of sp³-hybridized carbons (Fsp3) is 0.222. The van der Waals surface area contributed by atoms with Gasteiger partial charge in [0.25, 0.3) is 0 Å². The van der Waals surface area contributed by atoms with Crippen molar-refractivity contribution in [3.05, 3.63) is 64.7 Å². The van der Waals surface area contributed by atoms with Crippen LogP contribution in [-0.4, -0.2) is 19.0 Å². The van der Waals surface area contributed by atoms with E-state index in [0.29, 0.717) is 24.2 Å². The van der Waals surface area contributed by atoms with Gasteiger partial charge in [0.2, 0.25) is 5.91 Å². The van der Waals surface area contributed by atoms with E-state index in [1.807, 2.05) is 30.3 Å². The van der Waals surface area contributed by atoms with E-state index >= 15 is 0 Å². The standard InChI is InChI=1S/C18H18ClN3O/c19-16-5-1-3-14(11-16)7-9-21-10-8-18(23)22-17-6-2-4-15(12-17)13-20/h1-6,11-12,21H,7-10H2,(H,22,23). The van der Waals surface area contributed by atoms with Crippen LogP contribution in [0.25, 0.3) is 0 Å². The van der Waals surface area contributed by atoms with Crippen molar-refractivity contribution in [1.29, 1.82) is 5.26 Å². The van der Waals surface area contributed by atoms with Crippen LogP contribution in [0.15, 0.2) is 48.5 Å². The van der Waals surface area contributed by atoms with E-state index in [1.165, 1.54) is 5.56 Å². The number of nitriles is 1. The minimum absolute atomic E-state index is 0.0738. The number of halogens is 1. The average molecular weight is 328 g/mol. The lowest BCUT2D eigenvalue weighted by molar-refractivity contribution is -0.116. The van der Waals surface area contributed by atoms with Gasteiger partial charge in [-0.3, -0.25) is 4.79 Å². The van der Waals surface area contributed by atoms with Crippen LogP contribution in [0.4, 0.5) is 5.69 Å². The first-order chi connectivity index (χ1) is 11.2. The van der Waals surface area contributed by atoms with Gasteiger partial charge in [-0.1, -0.05) is 29.8 Å². The lowest BCUT2D eigenvalue weighted by atomic mass is 10.1. The maximum absolute atomic E-state index is 11.8. The van der Waals surface area contributed by atoms with Crippen molar-refractivity contribution in [3.63, 3.8) is 0 Å². The van der Waals surface area contributed by atoms with Crippen LogP contribution in [0.2, 0.25) is 5.02 Å². The molecule has 0 saturated carbocycles. The molecule has 0 spiro atoms. The minimum Gasteiger partial charge on any atom is -0.326 e. The second-order valence-corrected chi connectivity index (χ2v) is 5.56. The number of rotatable bonds is 7. The fourth-order valence-corrected chi connectivity index (χ4v) is 2.35. The van der Waals surface area contributed by atoms with Crippen molar-refractivity contribution in [2.75, 3.05) is 18.4 Å². The molecule has 0 unspecified atom stereocenters. The summed E-state index contributed by atoms with van der Waals surface area (Å²) < 4.78 is 0. The molecule has 0 saturated heterocycles. The van der Waals surface area contributed by atoms with Crippen molar-refractivity contribution < 1.29 is 4.79 Å². The smallest absolute Gasteiger partial charge is 0.225 e. The number of hydrogen-bond acceptors (Lipinski definition) is 3. The third-order valence-electron chi connectivity index (χ3n) is 3.28. The predicted octanol–water partition coefficient (Wildman–Crippen LogP) is 3.37. The number of nitrogens with one attached hydrogen (secondary N) is 2. The van der Waals surface area contributed by atoms with Gasteiger partial charge in [0.15, 0.2) is 0 Å². The zero-order chi connectivity index (χ0) is 16.5. The van der Waals surface area contributed by atoms with Gasteiger partial charge < -0.3 is 10.6 Å². The molecule has 5 heteroatoms. The summed E-state index contributed by atoms with van der Waals surface area (Å²) >= 11 is 5.93. The Labute approximate surface area is 141 Å². The third kappa shape index (κ3) is 6.11. The van der Waals surface area contributed by atoms with Gasteiger partial charge >= 0.3 is 0 Å². The van der Waals surface area contributed by atoms with Crippen LogP contribution in [0.5, 0.6) is 0 Å². The number of nitrogens with zero attached hydrogens (tertiary/aromatic N) is 1. The number of hydrogen-bond donors (Lipinski definition) is 2. The van der Waals surface area contributed by atoms with Gasteiger partial charge in [0.05, 0.1) is 11.6 Å². The Morgan fingerprint density at radius 3 is 2.74 bits per heavy atom. The molecular weight excluding hydrogens is 310 g/mol. The Kier molecular flexibility index (Phi) is 6.61. The largest absolute Gasteiger partial charge is 0.326 e. The van der Waals surface area contributed by atoms with Crippen LogP contribution >= 0.6 is 11.6 Å². The van der Waals surface area contributed by atoms with Crippen molar-refractivity contribution >= 4 is 23.2 Å². The monoisotopic (exact) mass is 327 g/mol. The van der Waals surface area contributed by atoms with Crippen molar-refractivity contribution in [3.8, 4) is 6.07 Å². The molecule has 0 aliphatic heterocycles. The summed E-state index contributed by atoms with van der Waals surface area (Å²) in [5.74, 6) is -0.0738. The van der Waals surface area contributed by atoms with Gasteiger partial charge in [-0.2, -0.15) is 5.26 Å². The number of amides is 1. The Morgan fingerprint density at radius 2 is 1.96 bits per heavy atom. The highest BCUT2D eigenvalue weighted by Crippen LogP contribution is 2.11. The molecule has 2 N–H and O–H groups in total. The van der Waals surface area contributed by atoms with E-state index in [4.69, 9.17) is 16.9 Å². The summed E-state index contributed by atoms with van der Waals surface area (Å²) in [6.45, 7) is 1.39. The minimum atomic E-state index is -0.0738. The average Bonchev–Trinajstić information content (AvgIpc) is 2.55. The summed E-state index contributed by atoms with van der Waals surface area (Å²) in [4.78, 5) is 11.8. The summed E-state index contributed by atoms with van der Waals surface area (Å²) in [6.07, 6.45) is 1.25. The van der Waals surface area contributed by atoms with E-state index in [9.17, 15) is 4.79 Å². The number of carbonyl (C=O) groups is 1. The second-order valence-electron chi connectivity index (χ2n) is 5.12. The van der Waals surface area contributed by atoms with Crippen molar-refractivity contribution in [2.45, 2.75) is 12.8 Å². The van der Waals surface area contributed by atoms with Crippen LogP contribution in [0.3, 0.4) is 0 Å². The summed E-state index contributed by atoms with van der Waals surface area (Å²) in [5, 5.41) is 15.6. The van der Waals surface area contributed by atoms with Gasteiger partial charge in [0.1, 0.15) is 0 Å². The topological polar surface area (TPSA) is 64.9 Å².